The smallest absolute Gasteiger partial charge is 0.179 e. The predicted molar refractivity (Wildman–Crippen MR) is 56.3 cm³/mol. The lowest BCUT2D eigenvalue weighted by Crippen LogP contribution is -2.03. The van der Waals surface area contributed by atoms with Crippen LogP contribution in [0, 0.1) is 3.57 Å². The van der Waals surface area contributed by atoms with Crippen molar-refractivity contribution in [1.29, 1.82) is 0 Å². The van der Waals surface area contributed by atoms with Crippen LogP contribution in [0.4, 0.5) is 5.69 Å². The van der Waals surface area contributed by atoms with Crippen molar-refractivity contribution in [3.8, 4) is 5.82 Å². The molecule has 0 aliphatic carbocycles. The lowest BCUT2D eigenvalue weighted by atomic mass is 10.5. The van der Waals surface area contributed by atoms with Gasteiger partial charge in [0.05, 0.1) is 21.7 Å². The Kier molecular flexibility index (Phi) is 2.13. The van der Waals surface area contributed by atoms with Gasteiger partial charge in [-0.3, -0.25) is 0 Å². The Morgan fingerprint density at radius 2 is 2.23 bits per heavy atom. The van der Waals surface area contributed by atoms with Gasteiger partial charge in [-0.1, -0.05) is 0 Å². The van der Waals surface area contributed by atoms with Crippen molar-refractivity contribution in [3.63, 3.8) is 0 Å². The van der Waals surface area contributed by atoms with Gasteiger partial charge in [-0.05, 0) is 22.6 Å². The number of hydrogen-bond donors (Lipinski definition) is 1. The van der Waals surface area contributed by atoms with E-state index in [-0.39, 0.29) is 0 Å². The zero-order chi connectivity index (χ0) is 9.26. The van der Waals surface area contributed by atoms with E-state index < -0.39 is 0 Å². The quantitative estimate of drug-likeness (QED) is 0.789. The summed E-state index contributed by atoms with van der Waals surface area (Å²) in [4.78, 5) is 7.82. The number of nitrogens with two attached hydrogens (primary N) is 1. The molecule has 5 nitrogen and oxygen atoms in total. The van der Waals surface area contributed by atoms with Crippen LogP contribution in [0.15, 0.2) is 24.9 Å². The molecule has 2 N–H and O–H groups in total. The fourth-order valence-corrected chi connectivity index (χ4v) is 1.33. The monoisotopic (exact) mass is 287 g/mol. The van der Waals surface area contributed by atoms with Gasteiger partial charge in [0.25, 0.3) is 0 Å². The molecule has 0 saturated carbocycles. The van der Waals surface area contributed by atoms with Crippen LogP contribution < -0.4 is 5.73 Å². The maximum atomic E-state index is 5.67. The first-order valence-corrected chi connectivity index (χ1v) is 4.61. The van der Waals surface area contributed by atoms with Gasteiger partial charge in [0.2, 0.25) is 0 Å². The van der Waals surface area contributed by atoms with E-state index >= 15 is 0 Å². The third-order valence-electron chi connectivity index (χ3n) is 1.49. The highest BCUT2D eigenvalue weighted by Gasteiger charge is 2.03. The molecule has 0 amide bonds. The molecule has 0 atom stereocenters. The van der Waals surface area contributed by atoms with Crippen molar-refractivity contribution in [2.75, 3.05) is 5.73 Å². The van der Waals surface area contributed by atoms with Crippen molar-refractivity contribution < 1.29 is 0 Å². The minimum Gasteiger partial charge on any atom is -0.394 e. The molecule has 0 bridgehead atoms. The van der Waals surface area contributed by atoms with Gasteiger partial charge in [0, 0.05) is 6.20 Å². The Morgan fingerprint density at radius 1 is 1.38 bits per heavy atom. The number of halogens is 1. The highest BCUT2D eigenvalue weighted by Crippen LogP contribution is 2.12. The van der Waals surface area contributed by atoms with Gasteiger partial charge in [-0.25, -0.2) is 14.6 Å². The van der Waals surface area contributed by atoms with Crippen LogP contribution in [-0.2, 0) is 0 Å². The maximum Gasteiger partial charge on any atom is 0.179 e. The highest BCUT2D eigenvalue weighted by molar-refractivity contribution is 14.1. The lowest BCUT2D eigenvalue weighted by molar-refractivity contribution is 0.842. The van der Waals surface area contributed by atoms with Gasteiger partial charge in [0.15, 0.2) is 5.82 Å². The van der Waals surface area contributed by atoms with E-state index in [1.54, 1.807) is 17.1 Å². The van der Waals surface area contributed by atoms with E-state index in [9.17, 15) is 0 Å². The Hall–Kier alpha value is -1.18. The molecule has 2 aromatic rings. The number of nitrogen functional groups attached to an aromatic ring is 1. The molecular weight excluding hydrogens is 281 g/mol. The van der Waals surface area contributed by atoms with E-state index in [0.29, 0.717) is 11.5 Å². The van der Waals surface area contributed by atoms with E-state index in [2.05, 4.69) is 37.7 Å². The fourth-order valence-electron chi connectivity index (χ4n) is 0.942. The van der Waals surface area contributed by atoms with E-state index in [0.717, 1.165) is 3.57 Å². The van der Waals surface area contributed by atoms with Gasteiger partial charge in [0.1, 0.15) is 6.33 Å². The standard InChI is InChI=1S/C7H6IN5/c8-5-1-12-13(3-5)7-6(9)2-10-4-11-7/h1-4H,9H2. The molecule has 0 aliphatic rings. The van der Waals surface area contributed by atoms with Crippen LogP contribution in [0.3, 0.4) is 0 Å². The normalized spacial score (nSPS) is 10.2. The molecule has 0 unspecified atom stereocenters. The Bertz CT molecular complexity index is 424. The number of anilines is 1. The van der Waals surface area contributed by atoms with Gasteiger partial charge in [-0.2, -0.15) is 5.10 Å². The topological polar surface area (TPSA) is 69.6 Å². The summed E-state index contributed by atoms with van der Waals surface area (Å²) in [6, 6.07) is 0. The Labute approximate surface area is 88.1 Å². The highest BCUT2D eigenvalue weighted by atomic mass is 127. The first kappa shape index (κ1) is 8.42. The number of aromatic nitrogens is 4. The van der Waals surface area contributed by atoms with E-state index in [1.807, 2.05) is 6.20 Å². The second-order valence-electron chi connectivity index (χ2n) is 2.40. The third-order valence-corrected chi connectivity index (χ3v) is 2.04. The Balaban J connectivity index is 2.52. The van der Waals surface area contributed by atoms with Crippen LogP contribution in [0.5, 0.6) is 0 Å². The predicted octanol–water partition coefficient (Wildman–Crippen LogP) is 0.849. The molecule has 0 fully saturated rings. The van der Waals surface area contributed by atoms with Crippen LogP contribution in [0.25, 0.3) is 5.82 Å². The van der Waals surface area contributed by atoms with E-state index in [1.165, 1.54) is 6.33 Å². The lowest BCUT2D eigenvalue weighted by Gasteiger charge is -2.01. The molecule has 0 radical (unpaired) electrons. The summed E-state index contributed by atoms with van der Waals surface area (Å²) in [7, 11) is 0. The third kappa shape index (κ3) is 1.62. The summed E-state index contributed by atoms with van der Waals surface area (Å²) < 4.78 is 2.66. The Morgan fingerprint density at radius 3 is 2.85 bits per heavy atom. The average Bonchev–Trinajstić information content (AvgIpc) is 2.53. The van der Waals surface area contributed by atoms with Crippen LogP contribution in [0.2, 0.25) is 0 Å². The van der Waals surface area contributed by atoms with Gasteiger partial charge < -0.3 is 5.73 Å². The summed E-state index contributed by atoms with van der Waals surface area (Å²) in [5, 5.41) is 4.09. The number of rotatable bonds is 1. The first-order chi connectivity index (χ1) is 6.27. The minimum absolute atomic E-state index is 0.516. The van der Waals surface area contributed by atoms with Crippen molar-refractivity contribution in [2.24, 2.45) is 0 Å². The van der Waals surface area contributed by atoms with Crippen LogP contribution >= 0.6 is 22.6 Å². The molecule has 0 saturated heterocycles. The fraction of sp³-hybridized carbons (Fsp3) is 0. The van der Waals surface area contributed by atoms with Crippen molar-refractivity contribution >= 4 is 28.3 Å². The van der Waals surface area contributed by atoms with Crippen LogP contribution in [-0.4, -0.2) is 19.7 Å². The molecule has 13 heavy (non-hydrogen) atoms. The zero-order valence-electron chi connectivity index (χ0n) is 6.55. The molecular formula is C7H6IN5. The summed E-state index contributed by atoms with van der Waals surface area (Å²) in [5.74, 6) is 0.609. The summed E-state index contributed by atoms with van der Waals surface area (Å²) in [6.07, 6.45) is 6.58. The second-order valence-corrected chi connectivity index (χ2v) is 3.65. The summed E-state index contributed by atoms with van der Waals surface area (Å²) >= 11 is 2.17. The average molecular weight is 287 g/mol. The second kappa shape index (κ2) is 3.29. The summed E-state index contributed by atoms with van der Waals surface area (Å²) in [5.41, 5.74) is 6.19. The summed E-state index contributed by atoms with van der Waals surface area (Å²) in [6.45, 7) is 0. The van der Waals surface area contributed by atoms with Gasteiger partial charge >= 0.3 is 0 Å². The van der Waals surface area contributed by atoms with Crippen molar-refractivity contribution in [2.45, 2.75) is 0 Å². The maximum absolute atomic E-state index is 5.67. The first-order valence-electron chi connectivity index (χ1n) is 3.53. The largest absolute Gasteiger partial charge is 0.394 e. The van der Waals surface area contributed by atoms with Crippen LogP contribution in [0.1, 0.15) is 0 Å². The number of nitrogens with zero attached hydrogens (tertiary/aromatic N) is 4. The van der Waals surface area contributed by atoms with E-state index in [4.69, 9.17) is 5.73 Å². The molecule has 0 aromatic carbocycles. The molecule has 2 rings (SSSR count). The minimum atomic E-state index is 0.516. The molecule has 2 aromatic heterocycles. The molecule has 2 heterocycles. The number of hydrogen-bond acceptors (Lipinski definition) is 4. The van der Waals surface area contributed by atoms with Crippen molar-refractivity contribution in [1.82, 2.24) is 19.7 Å². The van der Waals surface area contributed by atoms with Crippen molar-refractivity contribution in [3.05, 3.63) is 28.5 Å². The molecule has 66 valence electrons. The molecule has 0 spiro atoms. The zero-order valence-corrected chi connectivity index (χ0v) is 8.71. The van der Waals surface area contributed by atoms with Gasteiger partial charge in [-0.15, -0.1) is 0 Å². The SMILES string of the molecule is Nc1cncnc1-n1cc(I)cn1. The molecule has 6 heteroatoms. The molecule has 0 aliphatic heterocycles.